The summed E-state index contributed by atoms with van der Waals surface area (Å²) in [6.07, 6.45) is 1.65. The molecule has 0 spiro atoms. The molecular weight excluding hydrogens is 217 g/mol. The first kappa shape index (κ1) is 12.5. The molecule has 1 heterocycles. The Hall–Kier alpha value is -0.930. The zero-order valence-electron chi connectivity index (χ0n) is 10.1. The number of ether oxygens (including phenoxy) is 1. The molecule has 0 amide bonds. The number of nitrogens with two attached hydrogens (primary N) is 1. The fraction of sp³-hybridized carbons (Fsp3) is 0.571. The fourth-order valence-corrected chi connectivity index (χ4v) is 2.32. The van der Waals surface area contributed by atoms with Gasteiger partial charge < -0.3 is 10.5 Å². The molecule has 1 aliphatic rings. The smallest absolute Gasteiger partial charge is 0.128 e. The van der Waals surface area contributed by atoms with Crippen LogP contribution in [0.2, 0.25) is 0 Å². The lowest BCUT2D eigenvalue weighted by molar-refractivity contribution is 0.0365. The van der Waals surface area contributed by atoms with E-state index in [0.717, 1.165) is 24.8 Å². The van der Waals surface area contributed by atoms with Crippen LogP contribution in [-0.2, 0) is 11.2 Å². The molecule has 2 rings (SSSR count). The Labute approximate surface area is 102 Å². The summed E-state index contributed by atoms with van der Waals surface area (Å²) in [5.41, 5.74) is 7.45. The van der Waals surface area contributed by atoms with Crippen molar-refractivity contribution in [2.75, 3.05) is 19.8 Å². The third-order valence-corrected chi connectivity index (χ3v) is 3.41. The number of halogens is 1. The minimum absolute atomic E-state index is 0.115. The molecule has 1 fully saturated rings. The average Bonchev–Trinajstić information content (AvgIpc) is 2.40. The first-order valence-corrected chi connectivity index (χ1v) is 6.32. The predicted octanol–water partition coefficient (Wildman–Crippen LogP) is 2.63. The van der Waals surface area contributed by atoms with E-state index in [4.69, 9.17) is 10.5 Å². The quantitative estimate of drug-likeness (QED) is 0.873. The second-order valence-corrected chi connectivity index (χ2v) is 4.63. The Morgan fingerprint density at radius 2 is 1.88 bits per heavy atom. The Balaban J connectivity index is 2.00. The van der Waals surface area contributed by atoms with E-state index in [-0.39, 0.29) is 5.92 Å². The summed E-state index contributed by atoms with van der Waals surface area (Å²) in [7, 11) is 0. The zero-order chi connectivity index (χ0) is 12.1. The van der Waals surface area contributed by atoms with Crippen LogP contribution in [-0.4, -0.2) is 19.8 Å². The normalized spacial score (nSPS) is 19.2. The second-order valence-electron chi connectivity index (χ2n) is 4.63. The third kappa shape index (κ3) is 3.27. The molecule has 0 aromatic heterocycles. The minimum Gasteiger partial charge on any atom is -0.381 e. The average molecular weight is 237 g/mol. The summed E-state index contributed by atoms with van der Waals surface area (Å²) in [6, 6.07) is 7.75. The molecule has 0 aliphatic carbocycles. The van der Waals surface area contributed by atoms with Gasteiger partial charge in [-0.05, 0) is 42.9 Å². The van der Waals surface area contributed by atoms with E-state index < -0.39 is 6.17 Å². The van der Waals surface area contributed by atoms with E-state index in [2.05, 4.69) is 0 Å². The van der Waals surface area contributed by atoms with Gasteiger partial charge in [0.2, 0.25) is 0 Å². The monoisotopic (exact) mass is 237 g/mol. The van der Waals surface area contributed by atoms with Crippen LogP contribution >= 0.6 is 0 Å². The maximum Gasteiger partial charge on any atom is 0.128 e. The van der Waals surface area contributed by atoms with Gasteiger partial charge >= 0.3 is 0 Å². The Bertz CT molecular complexity index is 333. The van der Waals surface area contributed by atoms with Gasteiger partial charge in [0.15, 0.2) is 0 Å². The highest BCUT2D eigenvalue weighted by atomic mass is 19.1. The summed E-state index contributed by atoms with van der Waals surface area (Å²) >= 11 is 0. The summed E-state index contributed by atoms with van der Waals surface area (Å²) < 4.78 is 19.5. The molecule has 1 aliphatic heterocycles. The Kier molecular flexibility index (Phi) is 4.51. The first-order chi connectivity index (χ1) is 8.31. The van der Waals surface area contributed by atoms with Crippen molar-refractivity contribution in [1.29, 1.82) is 0 Å². The van der Waals surface area contributed by atoms with Gasteiger partial charge in [-0.3, -0.25) is 0 Å². The van der Waals surface area contributed by atoms with Crippen molar-refractivity contribution < 1.29 is 9.13 Å². The summed E-state index contributed by atoms with van der Waals surface area (Å²) in [6.45, 7) is 2.02. The van der Waals surface area contributed by atoms with Crippen LogP contribution in [0.25, 0.3) is 0 Å². The van der Waals surface area contributed by atoms with Crippen LogP contribution in [0, 0.1) is 5.92 Å². The van der Waals surface area contributed by atoms with E-state index in [9.17, 15) is 4.39 Å². The number of rotatable bonds is 4. The van der Waals surface area contributed by atoms with Crippen LogP contribution in [0.1, 0.15) is 30.1 Å². The van der Waals surface area contributed by atoms with Gasteiger partial charge in [0.25, 0.3) is 0 Å². The summed E-state index contributed by atoms with van der Waals surface area (Å²) in [5, 5.41) is 0. The molecule has 1 aromatic rings. The van der Waals surface area contributed by atoms with Crippen molar-refractivity contribution in [2.24, 2.45) is 11.7 Å². The highest BCUT2D eigenvalue weighted by molar-refractivity contribution is 5.25. The highest BCUT2D eigenvalue weighted by Gasteiger charge is 2.24. The number of alkyl halides is 1. The topological polar surface area (TPSA) is 35.2 Å². The molecule has 2 nitrogen and oxygen atoms in total. The van der Waals surface area contributed by atoms with Gasteiger partial charge in [-0.25, -0.2) is 4.39 Å². The highest BCUT2D eigenvalue weighted by Crippen LogP contribution is 2.33. The Morgan fingerprint density at radius 1 is 1.24 bits per heavy atom. The molecule has 17 heavy (non-hydrogen) atoms. The lowest BCUT2D eigenvalue weighted by Gasteiger charge is -2.25. The molecule has 1 aromatic carbocycles. The van der Waals surface area contributed by atoms with E-state index in [1.807, 2.05) is 24.3 Å². The molecule has 2 N–H and O–H groups in total. The third-order valence-electron chi connectivity index (χ3n) is 3.41. The van der Waals surface area contributed by atoms with Crippen LogP contribution in [0.4, 0.5) is 4.39 Å². The van der Waals surface area contributed by atoms with Gasteiger partial charge in [0.1, 0.15) is 6.17 Å². The molecule has 3 heteroatoms. The van der Waals surface area contributed by atoms with Crippen molar-refractivity contribution >= 4 is 0 Å². The minimum atomic E-state index is -0.856. The number of hydrogen-bond acceptors (Lipinski definition) is 2. The van der Waals surface area contributed by atoms with Crippen molar-refractivity contribution in [3.63, 3.8) is 0 Å². The first-order valence-electron chi connectivity index (χ1n) is 6.32. The lowest BCUT2D eigenvalue weighted by atomic mass is 9.90. The standard InChI is InChI=1S/C14H20FNO/c15-14(13-6-9-17-10-7-13)12-3-1-11(2-4-12)5-8-16/h1-4,13-14H,5-10,16H2. The predicted molar refractivity (Wildman–Crippen MR) is 66.6 cm³/mol. The maximum absolute atomic E-state index is 14.3. The van der Waals surface area contributed by atoms with Gasteiger partial charge in [0.05, 0.1) is 0 Å². The van der Waals surface area contributed by atoms with E-state index in [1.165, 1.54) is 5.56 Å². The molecule has 1 unspecified atom stereocenters. The Morgan fingerprint density at radius 3 is 2.47 bits per heavy atom. The molecule has 0 saturated carbocycles. The van der Waals surface area contributed by atoms with E-state index in [0.29, 0.717) is 19.8 Å². The molecule has 0 radical (unpaired) electrons. The molecule has 1 saturated heterocycles. The van der Waals surface area contributed by atoms with Crippen molar-refractivity contribution in [1.82, 2.24) is 0 Å². The van der Waals surface area contributed by atoms with Crippen molar-refractivity contribution in [3.05, 3.63) is 35.4 Å². The van der Waals surface area contributed by atoms with Crippen LogP contribution in [0.5, 0.6) is 0 Å². The summed E-state index contributed by atoms with van der Waals surface area (Å²) in [4.78, 5) is 0. The maximum atomic E-state index is 14.3. The van der Waals surface area contributed by atoms with Crippen LogP contribution in [0.3, 0.4) is 0 Å². The van der Waals surface area contributed by atoms with Gasteiger partial charge in [-0.1, -0.05) is 24.3 Å². The van der Waals surface area contributed by atoms with Gasteiger partial charge in [-0.15, -0.1) is 0 Å². The lowest BCUT2D eigenvalue weighted by Crippen LogP contribution is -2.19. The molecule has 0 bridgehead atoms. The largest absolute Gasteiger partial charge is 0.381 e. The SMILES string of the molecule is NCCc1ccc(C(F)C2CCOCC2)cc1. The zero-order valence-corrected chi connectivity index (χ0v) is 10.1. The van der Waals surface area contributed by atoms with E-state index in [1.54, 1.807) is 0 Å². The molecule has 94 valence electrons. The van der Waals surface area contributed by atoms with E-state index >= 15 is 0 Å². The fourth-order valence-electron chi connectivity index (χ4n) is 2.32. The second kappa shape index (κ2) is 6.12. The number of hydrogen-bond donors (Lipinski definition) is 1. The summed E-state index contributed by atoms with van der Waals surface area (Å²) in [5.74, 6) is 0.115. The van der Waals surface area contributed by atoms with Crippen molar-refractivity contribution in [3.8, 4) is 0 Å². The van der Waals surface area contributed by atoms with Crippen LogP contribution in [0.15, 0.2) is 24.3 Å². The molecular formula is C14H20FNO. The van der Waals surface area contributed by atoms with Gasteiger partial charge in [-0.2, -0.15) is 0 Å². The van der Waals surface area contributed by atoms with Crippen molar-refractivity contribution in [2.45, 2.75) is 25.4 Å². The number of benzene rings is 1. The molecule has 1 atom stereocenters. The van der Waals surface area contributed by atoms with Gasteiger partial charge in [0, 0.05) is 13.2 Å². The van der Waals surface area contributed by atoms with Crippen LogP contribution < -0.4 is 5.73 Å².